The molecule has 0 aliphatic rings. The van der Waals surface area contributed by atoms with Gasteiger partial charge in [-0.3, -0.25) is 4.68 Å². The largest absolute Gasteiger partial charge is 0.304 e. The van der Waals surface area contributed by atoms with E-state index >= 15 is 0 Å². The Hall–Kier alpha value is -1.20. The van der Waals surface area contributed by atoms with Crippen LogP contribution in [0.5, 0.6) is 0 Å². The van der Waals surface area contributed by atoms with Gasteiger partial charge in [0, 0.05) is 42.0 Å². The Balaban J connectivity index is 2.05. The first-order valence-corrected chi connectivity index (χ1v) is 6.95. The highest BCUT2D eigenvalue weighted by Gasteiger charge is 2.16. The van der Waals surface area contributed by atoms with Crippen LogP contribution in [0, 0.1) is 20.8 Å². The fourth-order valence-corrected chi connectivity index (χ4v) is 2.98. The van der Waals surface area contributed by atoms with E-state index in [0.717, 1.165) is 17.2 Å². The molecule has 2 heterocycles. The van der Waals surface area contributed by atoms with Crippen LogP contribution in [0.3, 0.4) is 0 Å². The fraction of sp³-hybridized carbons (Fsp3) is 0.538. The molecule has 0 radical (unpaired) electrons. The van der Waals surface area contributed by atoms with Crippen molar-refractivity contribution in [2.45, 2.75) is 40.3 Å². The van der Waals surface area contributed by atoms with Gasteiger partial charge in [0.05, 0.1) is 5.69 Å². The Morgan fingerprint density at radius 1 is 1.39 bits per heavy atom. The zero-order valence-electron chi connectivity index (χ0n) is 11.6. The summed E-state index contributed by atoms with van der Waals surface area (Å²) >= 11 is 1.74. The summed E-state index contributed by atoms with van der Waals surface area (Å²) in [6.45, 7) is 9.25. The average molecular weight is 264 g/mol. The molecule has 0 spiro atoms. The lowest BCUT2D eigenvalue weighted by Crippen LogP contribution is -2.19. The molecule has 1 unspecified atom stereocenters. The van der Waals surface area contributed by atoms with E-state index < -0.39 is 0 Å². The van der Waals surface area contributed by atoms with Crippen LogP contribution in [0.1, 0.15) is 39.8 Å². The lowest BCUT2D eigenvalue weighted by molar-refractivity contribution is 0.567. The van der Waals surface area contributed by atoms with E-state index in [1.54, 1.807) is 11.3 Å². The third kappa shape index (κ3) is 2.62. The Bertz CT molecular complexity index is 541. The maximum atomic E-state index is 4.45. The van der Waals surface area contributed by atoms with Gasteiger partial charge < -0.3 is 5.32 Å². The van der Waals surface area contributed by atoms with E-state index in [-0.39, 0.29) is 0 Å². The summed E-state index contributed by atoms with van der Waals surface area (Å²) < 4.78 is 1.94. The summed E-state index contributed by atoms with van der Waals surface area (Å²) in [5.74, 6) is 0. The van der Waals surface area contributed by atoms with Crippen LogP contribution in [-0.2, 0) is 13.6 Å². The van der Waals surface area contributed by atoms with Gasteiger partial charge in [-0.15, -0.1) is 11.3 Å². The molecule has 2 rings (SSSR count). The number of nitrogens with zero attached hydrogens (tertiary/aromatic N) is 3. The molecule has 18 heavy (non-hydrogen) atoms. The van der Waals surface area contributed by atoms with Crippen molar-refractivity contribution in [1.82, 2.24) is 20.1 Å². The molecule has 98 valence electrons. The molecule has 0 aliphatic carbocycles. The van der Waals surface area contributed by atoms with E-state index in [9.17, 15) is 0 Å². The molecule has 0 bridgehead atoms. The molecule has 0 amide bonds. The van der Waals surface area contributed by atoms with Crippen molar-refractivity contribution < 1.29 is 0 Å². The molecule has 4 nitrogen and oxygen atoms in total. The van der Waals surface area contributed by atoms with Gasteiger partial charge in [-0.1, -0.05) is 0 Å². The third-order valence-electron chi connectivity index (χ3n) is 3.23. The predicted octanol–water partition coefficient (Wildman–Crippen LogP) is 2.65. The normalized spacial score (nSPS) is 12.9. The molecule has 0 saturated carbocycles. The minimum Gasteiger partial charge on any atom is -0.304 e. The maximum Gasteiger partial charge on any atom is 0.107 e. The molecule has 2 aromatic heterocycles. The minimum atomic E-state index is 0.294. The summed E-state index contributed by atoms with van der Waals surface area (Å²) in [6.07, 6.45) is 1.92. The molecule has 1 N–H and O–H groups in total. The van der Waals surface area contributed by atoms with Crippen molar-refractivity contribution in [2.75, 3.05) is 0 Å². The highest BCUT2D eigenvalue weighted by atomic mass is 32.1. The van der Waals surface area contributed by atoms with Gasteiger partial charge in [-0.2, -0.15) is 5.10 Å². The molecule has 0 fully saturated rings. The first-order valence-electron chi connectivity index (χ1n) is 6.13. The zero-order valence-corrected chi connectivity index (χ0v) is 12.4. The number of thiazole rings is 1. The van der Waals surface area contributed by atoms with Gasteiger partial charge in [-0.05, 0) is 27.7 Å². The number of aromatic nitrogens is 3. The molecule has 5 heteroatoms. The van der Waals surface area contributed by atoms with E-state index in [1.807, 2.05) is 17.9 Å². The van der Waals surface area contributed by atoms with Crippen molar-refractivity contribution in [3.05, 3.63) is 33.0 Å². The van der Waals surface area contributed by atoms with Crippen molar-refractivity contribution in [1.29, 1.82) is 0 Å². The molecule has 0 aliphatic heterocycles. The molecular formula is C13H20N4S. The second kappa shape index (κ2) is 5.20. The summed E-state index contributed by atoms with van der Waals surface area (Å²) in [6, 6.07) is 0.294. The van der Waals surface area contributed by atoms with Crippen LogP contribution in [0.4, 0.5) is 0 Å². The van der Waals surface area contributed by atoms with Crippen molar-refractivity contribution in [3.63, 3.8) is 0 Å². The SMILES string of the molecule is Cc1cnc(CNC(C)c2c(C)nn(C)c2C)s1. The Morgan fingerprint density at radius 2 is 2.11 bits per heavy atom. The molecule has 0 saturated heterocycles. The van der Waals surface area contributed by atoms with Gasteiger partial charge in [-0.25, -0.2) is 4.98 Å². The number of hydrogen-bond donors (Lipinski definition) is 1. The fourth-order valence-electron chi connectivity index (χ4n) is 2.24. The monoisotopic (exact) mass is 264 g/mol. The van der Waals surface area contributed by atoms with Crippen LogP contribution in [0.25, 0.3) is 0 Å². The van der Waals surface area contributed by atoms with Crippen LogP contribution in [0.15, 0.2) is 6.20 Å². The van der Waals surface area contributed by atoms with E-state index in [1.165, 1.54) is 16.1 Å². The number of nitrogens with one attached hydrogen (secondary N) is 1. The highest BCUT2D eigenvalue weighted by Crippen LogP contribution is 2.21. The second-order valence-corrected chi connectivity index (χ2v) is 5.99. The zero-order chi connectivity index (χ0) is 13.3. The van der Waals surface area contributed by atoms with Crippen molar-refractivity contribution in [2.24, 2.45) is 7.05 Å². The topological polar surface area (TPSA) is 42.7 Å². The maximum absolute atomic E-state index is 4.45. The lowest BCUT2D eigenvalue weighted by Gasteiger charge is -2.13. The minimum absolute atomic E-state index is 0.294. The van der Waals surface area contributed by atoms with Gasteiger partial charge in [0.1, 0.15) is 5.01 Å². The summed E-state index contributed by atoms with van der Waals surface area (Å²) in [5.41, 5.74) is 3.62. The van der Waals surface area contributed by atoms with Crippen molar-refractivity contribution in [3.8, 4) is 0 Å². The molecule has 1 atom stereocenters. The van der Waals surface area contributed by atoms with Crippen LogP contribution in [0.2, 0.25) is 0 Å². The highest BCUT2D eigenvalue weighted by molar-refractivity contribution is 7.11. The summed E-state index contributed by atoms with van der Waals surface area (Å²) in [7, 11) is 1.99. The van der Waals surface area contributed by atoms with Crippen LogP contribution in [-0.4, -0.2) is 14.8 Å². The van der Waals surface area contributed by atoms with E-state index in [0.29, 0.717) is 6.04 Å². The van der Waals surface area contributed by atoms with E-state index in [2.05, 4.69) is 43.1 Å². The smallest absolute Gasteiger partial charge is 0.107 e. The molecule has 2 aromatic rings. The number of aryl methyl sites for hydroxylation is 3. The van der Waals surface area contributed by atoms with Crippen LogP contribution >= 0.6 is 11.3 Å². The Labute approximate surface area is 112 Å². The lowest BCUT2D eigenvalue weighted by atomic mass is 10.1. The standard InChI is InChI=1S/C13H20N4S/c1-8-6-15-12(18-8)7-14-9(2)13-10(3)16-17(5)11(13)4/h6,9,14H,7H2,1-5H3. The Morgan fingerprint density at radius 3 is 2.61 bits per heavy atom. The van der Waals surface area contributed by atoms with Crippen molar-refractivity contribution >= 4 is 11.3 Å². The predicted molar refractivity (Wildman–Crippen MR) is 74.8 cm³/mol. The Kier molecular flexibility index (Phi) is 3.82. The quantitative estimate of drug-likeness (QED) is 0.923. The van der Waals surface area contributed by atoms with Gasteiger partial charge in [0.15, 0.2) is 0 Å². The van der Waals surface area contributed by atoms with Gasteiger partial charge in [0.2, 0.25) is 0 Å². The number of rotatable bonds is 4. The van der Waals surface area contributed by atoms with Gasteiger partial charge >= 0.3 is 0 Å². The molecule has 0 aromatic carbocycles. The first-order chi connectivity index (χ1) is 8.49. The number of hydrogen-bond acceptors (Lipinski definition) is 4. The van der Waals surface area contributed by atoms with Crippen LogP contribution < -0.4 is 5.32 Å². The third-order valence-corrected chi connectivity index (χ3v) is 4.14. The summed E-state index contributed by atoms with van der Waals surface area (Å²) in [5, 5.41) is 9.11. The second-order valence-electron chi connectivity index (χ2n) is 4.68. The first kappa shape index (κ1) is 13.2. The van der Waals surface area contributed by atoms with Gasteiger partial charge in [0.25, 0.3) is 0 Å². The van der Waals surface area contributed by atoms with E-state index in [4.69, 9.17) is 0 Å². The average Bonchev–Trinajstić information content (AvgIpc) is 2.82. The molecular weight excluding hydrogens is 244 g/mol. The summed E-state index contributed by atoms with van der Waals surface area (Å²) in [4.78, 5) is 5.62.